The molecule has 0 aromatic heterocycles. The number of cyclic esters (lactones) is 2. The second kappa shape index (κ2) is 4.14. The highest BCUT2D eigenvalue weighted by Gasteiger charge is 2.45. The van der Waals surface area contributed by atoms with Gasteiger partial charge in [-0.05, 0) is 5.56 Å². The van der Waals surface area contributed by atoms with Crippen LogP contribution in [0.2, 0.25) is 0 Å². The van der Waals surface area contributed by atoms with Crippen LogP contribution < -0.4 is 5.32 Å². The van der Waals surface area contributed by atoms with Crippen LogP contribution in [-0.2, 0) is 19.1 Å². The van der Waals surface area contributed by atoms with Crippen molar-refractivity contribution in [1.82, 2.24) is 5.32 Å². The summed E-state index contributed by atoms with van der Waals surface area (Å²) in [6.45, 7) is 0. The van der Waals surface area contributed by atoms with Gasteiger partial charge >= 0.3 is 11.9 Å². The quantitative estimate of drug-likeness (QED) is 0.440. The van der Waals surface area contributed by atoms with Crippen molar-refractivity contribution in [2.75, 3.05) is 0 Å². The SMILES string of the molecule is O=CN[C@@H]1C(=O)OC(=O)C1c1ccccc1. The summed E-state index contributed by atoms with van der Waals surface area (Å²) in [7, 11) is 0. The van der Waals surface area contributed by atoms with E-state index in [1.807, 2.05) is 0 Å². The van der Waals surface area contributed by atoms with Crippen molar-refractivity contribution in [2.45, 2.75) is 12.0 Å². The minimum absolute atomic E-state index is 0.389. The Labute approximate surface area is 91.4 Å². The third-order valence-corrected chi connectivity index (χ3v) is 2.45. The van der Waals surface area contributed by atoms with Crippen LogP contribution in [0.4, 0.5) is 0 Å². The second-order valence-electron chi connectivity index (χ2n) is 3.39. The van der Waals surface area contributed by atoms with Crippen LogP contribution >= 0.6 is 0 Å². The molecule has 1 heterocycles. The van der Waals surface area contributed by atoms with E-state index in [0.717, 1.165) is 0 Å². The fourth-order valence-electron chi connectivity index (χ4n) is 1.72. The molecule has 1 aliphatic heterocycles. The van der Waals surface area contributed by atoms with Gasteiger partial charge in [0.2, 0.25) is 6.41 Å². The maximum absolute atomic E-state index is 11.5. The molecule has 5 nitrogen and oxygen atoms in total. The van der Waals surface area contributed by atoms with Crippen LogP contribution in [0.3, 0.4) is 0 Å². The lowest BCUT2D eigenvalue weighted by Crippen LogP contribution is -2.36. The van der Waals surface area contributed by atoms with Crippen molar-refractivity contribution in [3.8, 4) is 0 Å². The number of ether oxygens (including phenoxy) is 1. The van der Waals surface area contributed by atoms with Gasteiger partial charge in [0.15, 0.2) is 0 Å². The summed E-state index contributed by atoms with van der Waals surface area (Å²) in [6.07, 6.45) is 0.389. The lowest BCUT2D eigenvalue weighted by atomic mass is 9.94. The summed E-state index contributed by atoms with van der Waals surface area (Å²) < 4.78 is 4.49. The summed E-state index contributed by atoms with van der Waals surface area (Å²) in [5.74, 6) is -2.10. The number of hydrogen-bond acceptors (Lipinski definition) is 4. The predicted molar refractivity (Wildman–Crippen MR) is 53.3 cm³/mol. The van der Waals surface area contributed by atoms with Crippen molar-refractivity contribution in [3.63, 3.8) is 0 Å². The van der Waals surface area contributed by atoms with Crippen molar-refractivity contribution in [3.05, 3.63) is 35.9 Å². The first kappa shape index (κ1) is 10.4. The number of carbonyl (C=O) groups excluding carboxylic acids is 3. The van der Waals surface area contributed by atoms with E-state index >= 15 is 0 Å². The molecule has 0 radical (unpaired) electrons. The van der Waals surface area contributed by atoms with E-state index in [1.54, 1.807) is 30.3 Å². The highest BCUT2D eigenvalue weighted by molar-refractivity contribution is 6.02. The molecular formula is C11H9NO4. The molecule has 5 heteroatoms. The van der Waals surface area contributed by atoms with E-state index in [9.17, 15) is 14.4 Å². The van der Waals surface area contributed by atoms with Crippen molar-refractivity contribution >= 4 is 18.3 Å². The van der Waals surface area contributed by atoms with Gasteiger partial charge in [-0.1, -0.05) is 30.3 Å². The molecule has 2 atom stereocenters. The number of nitrogens with one attached hydrogen (secondary N) is 1. The van der Waals surface area contributed by atoms with E-state index in [0.29, 0.717) is 12.0 Å². The second-order valence-corrected chi connectivity index (χ2v) is 3.39. The largest absolute Gasteiger partial charge is 0.391 e. The number of amides is 1. The summed E-state index contributed by atoms with van der Waals surface area (Å²) in [6, 6.07) is 7.81. The average Bonchev–Trinajstić information content (AvgIpc) is 2.56. The Hall–Kier alpha value is -2.17. The summed E-state index contributed by atoms with van der Waals surface area (Å²) in [5, 5.41) is 2.30. The number of hydrogen-bond donors (Lipinski definition) is 1. The number of benzene rings is 1. The van der Waals surface area contributed by atoms with Gasteiger partial charge in [-0.2, -0.15) is 0 Å². The summed E-state index contributed by atoms with van der Waals surface area (Å²) >= 11 is 0. The minimum Gasteiger partial charge on any atom is -0.391 e. The van der Waals surface area contributed by atoms with Gasteiger partial charge in [0.05, 0.1) is 0 Å². The maximum Gasteiger partial charge on any atom is 0.337 e. The molecule has 2 rings (SSSR count). The van der Waals surface area contributed by atoms with Gasteiger partial charge in [0.1, 0.15) is 12.0 Å². The zero-order chi connectivity index (χ0) is 11.5. The van der Waals surface area contributed by atoms with E-state index in [2.05, 4.69) is 10.1 Å². The molecule has 0 saturated carbocycles. The third-order valence-electron chi connectivity index (χ3n) is 2.45. The molecule has 1 N–H and O–H groups in total. The molecule has 1 aromatic carbocycles. The molecule has 1 amide bonds. The lowest BCUT2D eigenvalue weighted by molar-refractivity contribution is -0.153. The Balaban J connectivity index is 2.34. The van der Waals surface area contributed by atoms with Crippen LogP contribution in [0.25, 0.3) is 0 Å². The van der Waals surface area contributed by atoms with Crippen LogP contribution in [0.5, 0.6) is 0 Å². The van der Waals surface area contributed by atoms with Crippen molar-refractivity contribution in [1.29, 1.82) is 0 Å². The van der Waals surface area contributed by atoms with Crippen molar-refractivity contribution < 1.29 is 19.1 Å². The normalized spacial score (nSPS) is 24.0. The number of rotatable bonds is 3. The Morgan fingerprint density at radius 1 is 1.12 bits per heavy atom. The van der Waals surface area contributed by atoms with Crippen molar-refractivity contribution in [2.24, 2.45) is 0 Å². The van der Waals surface area contributed by atoms with Crippen LogP contribution in [0.15, 0.2) is 30.3 Å². The van der Waals surface area contributed by atoms with Gasteiger partial charge in [-0.25, -0.2) is 4.79 Å². The van der Waals surface area contributed by atoms with E-state index in [4.69, 9.17) is 0 Å². The van der Waals surface area contributed by atoms with Gasteiger partial charge < -0.3 is 10.1 Å². The average molecular weight is 219 g/mol. The highest BCUT2D eigenvalue weighted by Crippen LogP contribution is 2.27. The first-order chi connectivity index (χ1) is 7.74. The van der Waals surface area contributed by atoms with Crippen LogP contribution in [0, 0.1) is 0 Å². The summed E-state index contributed by atoms with van der Waals surface area (Å²) in [4.78, 5) is 33.1. The zero-order valence-electron chi connectivity index (χ0n) is 8.25. The van der Waals surface area contributed by atoms with Crippen LogP contribution in [-0.4, -0.2) is 24.4 Å². The fourth-order valence-corrected chi connectivity index (χ4v) is 1.72. The predicted octanol–water partition coefficient (Wildman–Crippen LogP) is -0.0318. The Morgan fingerprint density at radius 3 is 2.44 bits per heavy atom. The molecule has 1 aromatic rings. The molecule has 16 heavy (non-hydrogen) atoms. The standard InChI is InChI=1S/C11H9NO4/c13-6-12-9-8(10(14)16-11(9)15)7-4-2-1-3-5-7/h1-6,8-9H,(H,12,13)/t8?,9-/m0/s1. The van der Waals surface area contributed by atoms with Gasteiger partial charge in [-0.3, -0.25) is 9.59 Å². The molecule has 1 aliphatic rings. The van der Waals surface area contributed by atoms with E-state index in [1.165, 1.54) is 0 Å². The van der Waals surface area contributed by atoms with Gasteiger partial charge in [0.25, 0.3) is 0 Å². The molecule has 0 aliphatic carbocycles. The summed E-state index contributed by atoms with van der Waals surface area (Å²) in [5.41, 5.74) is 0.651. The lowest BCUT2D eigenvalue weighted by Gasteiger charge is -2.12. The monoisotopic (exact) mass is 219 g/mol. The zero-order valence-corrected chi connectivity index (χ0v) is 8.25. The smallest absolute Gasteiger partial charge is 0.337 e. The van der Waals surface area contributed by atoms with Crippen LogP contribution in [0.1, 0.15) is 11.5 Å². The highest BCUT2D eigenvalue weighted by atomic mass is 16.6. The van der Waals surface area contributed by atoms with E-state index in [-0.39, 0.29) is 0 Å². The number of carbonyl (C=O) groups is 3. The van der Waals surface area contributed by atoms with Gasteiger partial charge in [0, 0.05) is 0 Å². The topological polar surface area (TPSA) is 72.5 Å². The maximum atomic E-state index is 11.5. The molecule has 0 spiro atoms. The fraction of sp³-hybridized carbons (Fsp3) is 0.182. The van der Waals surface area contributed by atoms with E-state index < -0.39 is 23.9 Å². The first-order valence-corrected chi connectivity index (χ1v) is 4.74. The number of esters is 2. The Kier molecular flexibility index (Phi) is 2.68. The minimum atomic E-state index is -0.924. The third kappa shape index (κ3) is 1.67. The molecule has 0 bridgehead atoms. The Morgan fingerprint density at radius 2 is 1.81 bits per heavy atom. The molecular weight excluding hydrogens is 210 g/mol. The molecule has 1 saturated heterocycles. The molecule has 82 valence electrons. The molecule has 1 fully saturated rings. The first-order valence-electron chi connectivity index (χ1n) is 4.74. The van der Waals surface area contributed by atoms with Gasteiger partial charge in [-0.15, -0.1) is 0 Å². The Bertz CT molecular complexity index is 429. The molecule has 1 unspecified atom stereocenters.